The van der Waals surface area contributed by atoms with Gasteiger partial charge in [0, 0.05) is 36.5 Å². The predicted molar refractivity (Wildman–Crippen MR) is 143 cm³/mol. The third-order valence-corrected chi connectivity index (χ3v) is 7.50. The lowest BCUT2D eigenvalue weighted by Crippen LogP contribution is -2.36. The van der Waals surface area contributed by atoms with Gasteiger partial charge in [0.15, 0.2) is 5.78 Å². The normalized spacial score (nSPS) is 21.6. The fraction of sp³-hybridized carbons (Fsp3) is 0.300. The number of ketones is 1. The molecular formula is C30H31N3O3. The van der Waals surface area contributed by atoms with E-state index in [4.69, 9.17) is 9.47 Å². The first kappa shape index (κ1) is 22.7. The van der Waals surface area contributed by atoms with Gasteiger partial charge < -0.3 is 25.0 Å². The summed E-state index contributed by atoms with van der Waals surface area (Å²) in [7, 11) is 1.67. The molecule has 0 aromatic heterocycles. The number of nitrogens with one attached hydrogen (secondary N) is 2. The summed E-state index contributed by atoms with van der Waals surface area (Å²) >= 11 is 0. The number of ether oxygens (including phenoxy) is 2. The molecule has 2 aliphatic heterocycles. The van der Waals surface area contributed by atoms with Crippen molar-refractivity contribution in [2.45, 2.75) is 24.8 Å². The number of rotatable bonds is 4. The summed E-state index contributed by atoms with van der Waals surface area (Å²) in [6, 6.07) is 24.7. The van der Waals surface area contributed by atoms with Crippen molar-refractivity contribution < 1.29 is 14.3 Å². The van der Waals surface area contributed by atoms with E-state index in [1.165, 1.54) is 5.69 Å². The van der Waals surface area contributed by atoms with Crippen molar-refractivity contribution in [3.05, 3.63) is 95.2 Å². The maximum absolute atomic E-state index is 13.8. The van der Waals surface area contributed by atoms with E-state index < -0.39 is 0 Å². The van der Waals surface area contributed by atoms with Crippen molar-refractivity contribution in [1.82, 2.24) is 0 Å². The van der Waals surface area contributed by atoms with Crippen LogP contribution in [-0.2, 0) is 9.53 Å². The molecule has 184 valence electrons. The lowest BCUT2D eigenvalue weighted by molar-refractivity contribution is -0.116. The van der Waals surface area contributed by atoms with Gasteiger partial charge in [0.1, 0.15) is 5.75 Å². The average Bonchev–Trinajstić information content (AvgIpc) is 3.11. The van der Waals surface area contributed by atoms with Crippen LogP contribution in [-0.4, -0.2) is 39.2 Å². The Morgan fingerprint density at radius 2 is 1.56 bits per heavy atom. The van der Waals surface area contributed by atoms with Gasteiger partial charge in [-0.1, -0.05) is 36.4 Å². The van der Waals surface area contributed by atoms with Gasteiger partial charge in [0.05, 0.1) is 37.7 Å². The SMILES string of the molecule is COc1ccc(C2CC(=O)C3=C(C2)Nc2ccccc2NC3c2ccc(N3CCOCC3)cc2)cc1. The largest absolute Gasteiger partial charge is 0.497 e. The van der Waals surface area contributed by atoms with Crippen molar-refractivity contribution in [2.24, 2.45) is 0 Å². The lowest BCUT2D eigenvalue weighted by Gasteiger charge is -2.31. The first-order chi connectivity index (χ1) is 17.7. The molecule has 0 amide bonds. The van der Waals surface area contributed by atoms with E-state index in [9.17, 15) is 4.79 Å². The molecule has 2 unspecified atom stereocenters. The molecule has 1 saturated heterocycles. The van der Waals surface area contributed by atoms with Gasteiger partial charge in [-0.15, -0.1) is 0 Å². The Bertz CT molecular complexity index is 1280. The second-order valence-corrected chi connectivity index (χ2v) is 9.63. The van der Waals surface area contributed by atoms with E-state index in [2.05, 4.69) is 64.1 Å². The van der Waals surface area contributed by atoms with E-state index in [1.807, 2.05) is 24.3 Å². The summed E-state index contributed by atoms with van der Waals surface area (Å²) in [5.41, 5.74) is 7.30. The number of nitrogens with zero attached hydrogens (tertiary/aromatic N) is 1. The van der Waals surface area contributed by atoms with E-state index >= 15 is 0 Å². The first-order valence-corrected chi connectivity index (χ1v) is 12.6. The van der Waals surface area contributed by atoms with Crippen LogP contribution >= 0.6 is 0 Å². The highest BCUT2D eigenvalue weighted by atomic mass is 16.5. The summed E-state index contributed by atoms with van der Waals surface area (Å²) in [5.74, 6) is 1.14. The fourth-order valence-electron chi connectivity index (χ4n) is 5.55. The predicted octanol–water partition coefficient (Wildman–Crippen LogP) is 5.51. The Morgan fingerprint density at radius 3 is 2.28 bits per heavy atom. The Balaban J connectivity index is 1.35. The van der Waals surface area contributed by atoms with E-state index in [-0.39, 0.29) is 17.7 Å². The molecular weight excluding hydrogens is 450 g/mol. The number of para-hydroxylation sites is 2. The minimum Gasteiger partial charge on any atom is -0.497 e. The number of fused-ring (bicyclic) bond motifs is 1. The van der Waals surface area contributed by atoms with Gasteiger partial charge in [0.2, 0.25) is 0 Å². The van der Waals surface area contributed by atoms with Crippen molar-refractivity contribution in [3.8, 4) is 5.75 Å². The molecule has 2 N–H and O–H groups in total. The summed E-state index contributed by atoms with van der Waals surface area (Å²) in [6.45, 7) is 3.32. The zero-order valence-electron chi connectivity index (χ0n) is 20.5. The number of hydrogen-bond acceptors (Lipinski definition) is 6. The average molecular weight is 482 g/mol. The highest BCUT2D eigenvalue weighted by Crippen LogP contribution is 2.44. The number of allylic oxidation sites excluding steroid dienone is 1. The number of Topliss-reactive ketones (excluding diaryl/α,β-unsaturated/α-hetero) is 1. The molecule has 1 aliphatic carbocycles. The smallest absolute Gasteiger partial charge is 0.163 e. The second kappa shape index (κ2) is 9.70. The Kier molecular flexibility index (Phi) is 6.11. The number of anilines is 3. The number of hydrogen-bond donors (Lipinski definition) is 2. The summed E-state index contributed by atoms with van der Waals surface area (Å²) in [6.07, 6.45) is 1.28. The molecule has 0 spiro atoms. The van der Waals surface area contributed by atoms with Gasteiger partial charge in [0.25, 0.3) is 0 Å². The van der Waals surface area contributed by atoms with Gasteiger partial charge in [-0.3, -0.25) is 4.79 Å². The molecule has 0 bridgehead atoms. The third-order valence-electron chi connectivity index (χ3n) is 7.50. The van der Waals surface area contributed by atoms with Crippen LogP contribution in [0, 0.1) is 0 Å². The van der Waals surface area contributed by atoms with Crippen molar-refractivity contribution in [1.29, 1.82) is 0 Å². The minimum atomic E-state index is -0.209. The Morgan fingerprint density at radius 1 is 0.861 bits per heavy atom. The molecule has 6 nitrogen and oxygen atoms in total. The number of benzene rings is 3. The quantitative estimate of drug-likeness (QED) is 0.512. The van der Waals surface area contributed by atoms with E-state index in [0.717, 1.165) is 72.2 Å². The maximum atomic E-state index is 13.8. The molecule has 3 aliphatic rings. The molecule has 6 heteroatoms. The lowest BCUT2D eigenvalue weighted by atomic mass is 9.78. The second-order valence-electron chi connectivity index (χ2n) is 9.63. The van der Waals surface area contributed by atoms with Crippen LogP contribution in [0.15, 0.2) is 84.1 Å². The van der Waals surface area contributed by atoms with Crippen LogP contribution in [0.2, 0.25) is 0 Å². The fourth-order valence-corrected chi connectivity index (χ4v) is 5.55. The topological polar surface area (TPSA) is 62.8 Å². The van der Waals surface area contributed by atoms with Crippen LogP contribution in [0.25, 0.3) is 0 Å². The maximum Gasteiger partial charge on any atom is 0.163 e. The molecule has 2 atom stereocenters. The Labute approximate surface area is 211 Å². The zero-order valence-corrected chi connectivity index (χ0v) is 20.5. The summed E-state index contributed by atoms with van der Waals surface area (Å²) in [5, 5.41) is 7.31. The molecule has 2 heterocycles. The standard InChI is InChI=1S/C30H31N3O3/c1-35-24-12-8-20(9-13-24)22-18-27-29(28(34)19-22)30(32-26-5-3-2-4-25(26)31-27)21-6-10-23(11-7-21)33-14-16-36-17-15-33/h2-13,22,30-32H,14-19H2,1H3. The molecule has 0 radical (unpaired) electrons. The van der Waals surface area contributed by atoms with E-state index in [0.29, 0.717) is 6.42 Å². The minimum absolute atomic E-state index is 0.129. The zero-order chi connectivity index (χ0) is 24.5. The van der Waals surface area contributed by atoms with Crippen LogP contribution < -0.4 is 20.3 Å². The molecule has 1 fully saturated rings. The van der Waals surface area contributed by atoms with Crippen LogP contribution in [0.4, 0.5) is 17.1 Å². The summed E-state index contributed by atoms with van der Waals surface area (Å²) < 4.78 is 10.8. The van der Waals surface area contributed by atoms with Crippen molar-refractivity contribution >= 4 is 22.8 Å². The van der Waals surface area contributed by atoms with Gasteiger partial charge >= 0.3 is 0 Å². The molecule has 6 rings (SSSR count). The number of carbonyl (C=O) groups is 1. The highest BCUT2D eigenvalue weighted by molar-refractivity contribution is 6.01. The Hall–Kier alpha value is -3.77. The van der Waals surface area contributed by atoms with Crippen LogP contribution in [0.3, 0.4) is 0 Å². The van der Waals surface area contributed by atoms with Crippen molar-refractivity contribution in [2.75, 3.05) is 48.9 Å². The number of morpholine rings is 1. The number of methoxy groups -OCH3 is 1. The van der Waals surface area contributed by atoms with Crippen LogP contribution in [0.1, 0.15) is 35.9 Å². The van der Waals surface area contributed by atoms with Gasteiger partial charge in [-0.05, 0) is 59.9 Å². The van der Waals surface area contributed by atoms with E-state index in [1.54, 1.807) is 7.11 Å². The third kappa shape index (κ3) is 4.33. The molecule has 3 aromatic rings. The molecule has 36 heavy (non-hydrogen) atoms. The van der Waals surface area contributed by atoms with Gasteiger partial charge in [-0.25, -0.2) is 0 Å². The molecule has 0 saturated carbocycles. The first-order valence-electron chi connectivity index (χ1n) is 12.6. The number of carbonyl (C=O) groups excluding carboxylic acids is 1. The monoisotopic (exact) mass is 481 g/mol. The van der Waals surface area contributed by atoms with Crippen molar-refractivity contribution in [3.63, 3.8) is 0 Å². The summed E-state index contributed by atoms with van der Waals surface area (Å²) in [4.78, 5) is 16.1. The molecule has 3 aromatic carbocycles. The van der Waals surface area contributed by atoms with Gasteiger partial charge in [-0.2, -0.15) is 0 Å². The highest BCUT2D eigenvalue weighted by Gasteiger charge is 2.36. The van der Waals surface area contributed by atoms with Crippen LogP contribution in [0.5, 0.6) is 5.75 Å².